The Labute approximate surface area is 130 Å². The van der Waals surface area contributed by atoms with Gasteiger partial charge in [0, 0.05) is 12.6 Å². The van der Waals surface area contributed by atoms with Gasteiger partial charge < -0.3 is 14.8 Å². The van der Waals surface area contributed by atoms with Crippen molar-refractivity contribution in [2.45, 2.75) is 39.8 Å². The van der Waals surface area contributed by atoms with Crippen molar-refractivity contribution in [2.75, 3.05) is 13.7 Å². The topological polar surface area (TPSA) is 30.5 Å². The summed E-state index contributed by atoms with van der Waals surface area (Å²) in [5.74, 6) is 1.47. The Hall–Kier alpha value is -1.00. The molecule has 0 aliphatic carbocycles. The highest BCUT2D eigenvalue weighted by Crippen LogP contribution is 2.37. The van der Waals surface area contributed by atoms with Crippen molar-refractivity contribution in [3.63, 3.8) is 0 Å². The molecule has 0 spiro atoms. The number of hydrogen-bond acceptors (Lipinski definition) is 3. The SMILES string of the molecule is C=C(CC)COc1c(Br)cc(CNC(C)C)cc1OC. The second kappa shape index (κ2) is 8.32. The Kier molecular flexibility index (Phi) is 7.10. The molecule has 1 aromatic carbocycles. The van der Waals surface area contributed by atoms with Crippen molar-refractivity contribution >= 4 is 15.9 Å². The number of benzene rings is 1. The molecule has 0 atom stereocenters. The average molecular weight is 342 g/mol. The van der Waals surface area contributed by atoms with Gasteiger partial charge in [-0.25, -0.2) is 0 Å². The number of hydrogen-bond donors (Lipinski definition) is 1. The fourth-order valence-corrected chi connectivity index (χ4v) is 2.22. The molecule has 0 radical (unpaired) electrons. The quantitative estimate of drug-likeness (QED) is 0.715. The van der Waals surface area contributed by atoms with Crippen LogP contribution in [0.5, 0.6) is 11.5 Å². The summed E-state index contributed by atoms with van der Waals surface area (Å²) < 4.78 is 12.1. The van der Waals surface area contributed by atoms with Crippen LogP contribution in [0.25, 0.3) is 0 Å². The first kappa shape index (κ1) is 17.1. The summed E-state index contributed by atoms with van der Waals surface area (Å²) in [5, 5.41) is 3.39. The molecule has 0 amide bonds. The third kappa shape index (κ3) is 5.17. The fraction of sp³-hybridized carbons (Fsp3) is 0.500. The monoisotopic (exact) mass is 341 g/mol. The summed E-state index contributed by atoms with van der Waals surface area (Å²) in [7, 11) is 1.66. The molecule has 1 rings (SSSR count). The Morgan fingerprint density at radius 1 is 1.40 bits per heavy atom. The van der Waals surface area contributed by atoms with Crippen LogP contribution < -0.4 is 14.8 Å². The lowest BCUT2D eigenvalue weighted by molar-refractivity contribution is 0.315. The van der Waals surface area contributed by atoms with E-state index < -0.39 is 0 Å². The van der Waals surface area contributed by atoms with Crippen molar-refractivity contribution in [1.29, 1.82) is 0 Å². The van der Waals surface area contributed by atoms with E-state index in [9.17, 15) is 0 Å². The van der Waals surface area contributed by atoms with E-state index in [1.54, 1.807) is 7.11 Å². The smallest absolute Gasteiger partial charge is 0.175 e. The molecule has 0 aliphatic rings. The summed E-state index contributed by atoms with van der Waals surface area (Å²) in [6.45, 7) is 11.6. The van der Waals surface area contributed by atoms with Crippen molar-refractivity contribution in [1.82, 2.24) is 5.32 Å². The molecule has 3 nitrogen and oxygen atoms in total. The maximum Gasteiger partial charge on any atom is 0.175 e. The summed E-state index contributed by atoms with van der Waals surface area (Å²) in [4.78, 5) is 0. The van der Waals surface area contributed by atoms with Gasteiger partial charge in [-0.2, -0.15) is 0 Å². The van der Waals surface area contributed by atoms with E-state index in [-0.39, 0.29) is 0 Å². The second-order valence-corrected chi connectivity index (χ2v) is 5.89. The first-order chi connectivity index (χ1) is 9.47. The van der Waals surface area contributed by atoms with Gasteiger partial charge >= 0.3 is 0 Å². The molecule has 4 heteroatoms. The van der Waals surface area contributed by atoms with Crippen LogP contribution in [0.1, 0.15) is 32.8 Å². The number of rotatable bonds is 8. The van der Waals surface area contributed by atoms with Crippen LogP contribution in [0.3, 0.4) is 0 Å². The second-order valence-electron chi connectivity index (χ2n) is 5.04. The normalized spacial score (nSPS) is 10.7. The Balaban J connectivity index is 2.87. The van der Waals surface area contributed by atoms with E-state index in [1.807, 2.05) is 6.07 Å². The molecule has 0 bridgehead atoms. The first-order valence-electron chi connectivity index (χ1n) is 6.87. The lowest BCUT2D eigenvalue weighted by Crippen LogP contribution is -2.21. The largest absolute Gasteiger partial charge is 0.493 e. The van der Waals surface area contributed by atoms with Gasteiger partial charge in [0.1, 0.15) is 6.61 Å². The standard InChI is InChI=1S/C16H24BrNO2/c1-6-12(4)10-20-16-14(17)7-13(8-15(16)19-5)9-18-11(2)3/h7-8,11,18H,4,6,9-10H2,1-3,5H3. The fourth-order valence-electron chi connectivity index (χ4n) is 1.61. The molecule has 1 N–H and O–H groups in total. The van der Waals surface area contributed by atoms with Crippen LogP contribution in [-0.4, -0.2) is 19.8 Å². The summed E-state index contributed by atoms with van der Waals surface area (Å²) in [5.41, 5.74) is 2.22. The Morgan fingerprint density at radius 2 is 2.10 bits per heavy atom. The van der Waals surface area contributed by atoms with E-state index in [0.29, 0.717) is 12.6 Å². The molecule has 20 heavy (non-hydrogen) atoms. The third-order valence-corrected chi connectivity index (χ3v) is 3.51. The van der Waals surface area contributed by atoms with Crippen LogP contribution in [0.2, 0.25) is 0 Å². The van der Waals surface area contributed by atoms with Gasteiger partial charge in [-0.1, -0.05) is 27.4 Å². The predicted molar refractivity (Wildman–Crippen MR) is 87.6 cm³/mol. The van der Waals surface area contributed by atoms with Gasteiger partial charge in [-0.15, -0.1) is 0 Å². The summed E-state index contributed by atoms with van der Waals surface area (Å²) >= 11 is 3.56. The van der Waals surface area contributed by atoms with Crippen molar-refractivity contribution in [2.24, 2.45) is 0 Å². The first-order valence-corrected chi connectivity index (χ1v) is 7.66. The third-order valence-electron chi connectivity index (χ3n) is 2.92. The molecule has 0 aromatic heterocycles. The van der Waals surface area contributed by atoms with Gasteiger partial charge in [-0.3, -0.25) is 0 Å². The maximum absolute atomic E-state index is 5.80. The molecule has 1 aromatic rings. The molecule has 0 unspecified atom stereocenters. The molecular formula is C16H24BrNO2. The van der Waals surface area contributed by atoms with Gasteiger partial charge in [0.25, 0.3) is 0 Å². The number of nitrogens with one attached hydrogen (secondary N) is 1. The van der Waals surface area contributed by atoms with Crippen LogP contribution in [0.15, 0.2) is 28.8 Å². The highest BCUT2D eigenvalue weighted by atomic mass is 79.9. The van der Waals surface area contributed by atoms with E-state index in [1.165, 1.54) is 0 Å². The lowest BCUT2D eigenvalue weighted by Gasteiger charge is -2.16. The average Bonchev–Trinajstić information content (AvgIpc) is 2.42. The van der Waals surface area contributed by atoms with E-state index in [2.05, 4.69) is 54.7 Å². The minimum absolute atomic E-state index is 0.448. The highest BCUT2D eigenvalue weighted by Gasteiger charge is 2.12. The zero-order valence-corrected chi connectivity index (χ0v) is 14.3. The zero-order chi connectivity index (χ0) is 15.1. The van der Waals surface area contributed by atoms with Gasteiger partial charge in [0.15, 0.2) is 11.5 Å². The van der Waals surface area contributed by atoms with Gasteiger partial charge in [-0.05, 0) is 45.6 Å². The molecule has 0 fully saturated rings. The Morgan fingerprint density at radius 3 is 2.65 bits per heavy atom. The van der Waals surface area contributed by atoms with Crippen molar-refractivity contribution < 1.29 is 9.47 Å². The molecule has 0 heterocycles. The van der Waals surface area contributed by atoms with Crippen molar-refractivity contribution in [3.05, 3.63) is 34.3 Å². The molecule has 0 aliphatic heterocycles. The zero-order valence-electron chi connectivity index (χ0n) is 12.8. The number of halogens is 1. The summed E-state index contributed by atoms with van der Waals surface area (Å²) in [6.07, 6.45) is 0.913. The number of ether oxygens (including phenoxy) is 2. The minimum Gasteiger partial charge on any atom is -0.493 e. The number of methoxy groups -OCH3 is 1. The Bertz CT molecular complexity index is 458. The lowest BCUT2D eigenvalue weighted by atomic mass is 10.2. The molecule has 0 saturated heterocycles. The molecular weight excluding hydrogens is 318 g/mol. The predicted octanol–water partition coefficient (Wildman–Crippen LogP) is 4.30. The maximum atomic E-state index is 5.80. The van der Waals surface area contributed by atoms with Crippen LogP contribution >= 0.6 is 15.9 Å². The van der Waals surface area contributed by atoms with E-state index >= 15 is 0 Å². The van der Waals surface area contributed by atoms with Crippen LogP contribution in [0, 0.1) is 0 Å². The minimum atomic E-state index is 0.448. The van der Waals surface area contributed by atoms with Crippen molar-refractivity contribution in [3.8, 4) is 11.5 Å². The molecule has 112 valence electrons. The highest BCUT2D eigenvalue weighted by molar-refractivity contribution is 9.10. The molecule has 0 saturated carbocycles. The van der Waals surface area contributed by atoms with Gasteiger partial charge in [0.05, 0.1) is 11.6 Å². The van der Waals surface area contributed by atoms with Gasteiger partial charge in [0.2, 0.25) is 0 Å². The van der Waals surface area contributed by atoms with E-state index in [4.69, 9.17) is 9.47 Å². The van der Waals surface area contributed by atoms with Crippen LogP contribution in [0.4, 0.5) is 0 Å². The van der Waals surface area contributed by atoms with E-state index in [0.717, 1.165) is 40.1 Å². The summed E-state index contributed by atoms with van der Waals surface area (Å²) in [6, 6.07) is 4.51. The van der Waals surface area contributed by atoms with Crippen LogP contribution in [-0.2, 0) is 6.54 Å².